The third-order valence-corrected chi connectivity index (χ3v) is 3.46. The highest BCUT2D eigenvalue weighted by Gasteiger charge is 2.09. The molecule has 21 heavy (non-hydrogen) atoms. The fraction of sp³-hybridized carbons (Fsp3) is 0.118. The first-order chi connectivity index (χ1) is 10.2. The zero-order chi connectivity index (χ0) is 14.8. The van der Waals surface area contributed by atoms with Gasteiger partial charge in [-0.1, -0.05) is 0 Å². The summed E-state index contributed by atoms with van der Waals surface area (Å²) >= 11 is 0. The summed E-state index contributed by atoms with van der Waals surface area (Å²) in [6.07, 6.45) is 1.80. The van der Waals surface area contributed by atoms with Gasteiger partial charge in [0.2, 0.25) is 0 Å². The lowest BCUT2D eigenvalue weighted by Crippen LogP contribution is -2.09. The maximum atomic E-state index is 13.2. The molecule has 3 rings (SSSR count). The molecule has 0 N–H and O–H groups in total. The van der Waals surface area contributed by atoms with Crippen LogP contribution in [0.3, 0.4) is 0 Å². The number of ether oxygens (including phenoxy) is 1. The quantitative estimate of drug-likeness (QED) is 0.684. The molecule has 0 amide bonds. The largest absolute Gasteiger partial charge is 0.497 e. The van der Waals surface area contributed by atoms with Crippen LogP contribution >= 0.6 is 0 Å². The van der Waals surface area contributed by atoms with Gasteiger partial charge in [-0.05, 0) is 48.5 Å². The summed E-state index contributed by atoms with van der Waals surface area (Å²) in [6, 6.07) is 13.4. The molecule has 3 nitrogen and oxygen atoms in total. The predicted molar refractivity (Wildman–Crippen MR) is 79.2 cm³/mol. The molecule has 0 saturated heterocycles. The van der Waals surface area contributed by atoms with Crippen LogP contribution in [0, 0.1) is 5.82 Å². The summed E-state index contributed by atoms with van der Waals surface area (Å²) in [4.78, 5) is 12.3. The monoisotopic (exact) mass is 283 g/mol. The van der Waals surface area contributed by atoms with Crippen LogP contribution in [0.2, 0.25) is 0 Å². The molecule has 1 heterocycles. The summed E-state index contributed by atoms with van der Waals surface area (Å²) in [5.74, 6) is 0.439. The number of carbonyl (C=O) groups is 1. The summed E-state index contributed by atoms with van der Waals surface area (Å²) < 4.78 is 20.0. The number of hydrogen-bond donors (Lipinski definition) is 0. The van der Waals surface area contributed by atoms with Crippen molar-refractivity contribution in [1.82, 2.24) is 4.57 Å². The number of aromatic nitrogens is 1. The van der Waals surface area contributed by atoms with Crippen molar-refractivity contribution in [3.8, 4) is 5.75 Å². The Labute approximate surface area is 121 Å². The first-order valence-corrected chi connectivity index (χ1v) is 6.59. The Bertz CT molecular complexity index is 790. The van der Waals surface area contributed by atoms with E-state index in [1.165, 1.54) is 12.1 Å². The molecule has 0 atom stereocenters. The number of rotatable bonds is 4. The molecule has 0 aliphatic carbocycles. The summed E-state index contributed by atoms with van der Waals surface area (Å²) in [5.41, 5.74) is 1.47. The van der Waals surface area contributed by atoms with E-state index in [2.05, 4.69) is 0 Å². The summed E-state index contributed by atoms with van der Waals surface area (Å²) in [7, 11) is 1.59. The minimum Gasteiger partial charge on any atom is -0.497 e. The van der Waals surface area contributed by atoms with Gasteiger partial charge in [-0.2, -0.15) is 0 Å². The number of fused-ring (bicyclic) bond motifs is 1. The fourth-order valence-electron chi connectivity index (χ4n) is 2.33. The Morgan fingerprint density at radius 2 is 1.90 bits per heavy atom. The maximum absolute atomic E-state index is 13.2. The number of hydrogen-bond acceptors (Lipinski definition) is 2. The molecule has 0 bridgehead atoms. The predicted octanol–water partition coefficient (Wildman–Crippen LogP) is 3.67. The minimum absolute atomic E-state index is 0.000483. The Hall–Kier alpha value is -2.62. The SMILES string of the molecule is COc1ccc(C(=O)Cn2ccc3cc(F)ccc32)cc1. The molecule has 0 fully saturated rings. The second-order valence-corrected chi connectivity index (χ2v) is 4.80. The lowest BCUT2D eigenvalue weighted by molar-refractivity contribution is 0.0973. The summed E-state index contributed by atoms with van der Waals surface area (Å²) in [5, 5.41) is 0.789. The molecule has 0 saturated carbocycles. The van der Waals surface area contributed by atoms with E-state index in [0.29, 0.717) is 11.3 Å². The van der Waals surface area contributed by atoms with Crippen molar-refractivity contribution in [1.29, 1.82) is 0 Å². The zero-order valence-corrected chi connectivity index (χ0v) is 11.5. The topological polar surface area (TPSA) is 31.2 Å². The van der Waals surface area contributed by atoms with Gasteiger partial charge in [0.15, 0.2) is 5.78 Å². The number of ketones is 1. The molecule has 0 spiro atoms. The molecule has 106 valence electrons. The molecule has 3 aromatic rings. The first kappa shape index (κ1) is 13.4. The van der Waals surface area contributed by atoms with Crippen molar-refractivity contribution in [2.75, 3.05) is 7.11 Å². The fourth-order valence-corrected chi connectivity index (χ4v) is 2.33. The molecule has 4 heteroatoms. The van der Waals surface area contributed by atoms with Crippen LogP contribution in [0.25, 0.3) is 10.9 Å². The van der Waals surface area contributed by atoms with Crippen molar-refractivity contribution in [3.63, 3.8) is 0 Å². The number of benzene rings is 2. The number of Topliss-reactive ketones (excluding diaryl/α,β-unsaturated/α-hetero) is 1. The number of carbonyl (C=O) groups excluding carboxylic acids is 1. The van der Waals surface area contributed by atoms with E-state index in [0.717, 1.165) is 10.9 Å². The van der Waals surface area contributed by atoms with Gasteiger partial charge in [-0.3, -0.25) is 4.79 Å². The van der Waals surface area contributed by atoms with Gasteiger partial charge < -0.3 is 9.30 Å². The van der Waals surface area contributed by atoms with Gasteiger partial charge in [0.1, 0.15) is 11.6 Å². The first-order valence-electron chi connectivity index (χ1n) is 6.59. The number of halogens is 1. The van der Waals surface area contributed by atoms with Crippen LogP contribution in [0.5, 0.6) is 5.75 Å². The average molecular weight is 283 g/mol. The van der Waals surface area contributed by atoms with Gasteiger partial charge >= 0.3 is 0 Å². The molecule has 0 unspecified atom stereocenters. The normalized spacial score (nSPS) is 10.8. The Balaban J connectivity index is 1.85. The lowest BCUT2D eigenvalue weighted by Gasteiger charge is -2.06. The second kappa shape index (κ2) is 5.40. The van der Waals surface area contributed by atoms with Gasteiger partial charge in [-0.25, -0.2) is 4.39 Å². The molecule has 0 aliphatic rings. The highest BCUT2D eigenvalue weighted by atomic mass is 19.1. The van der Waals surface area contributed by atoms with Crippen LogP contribution in [0.1, 0.15) is 10.4 Å². The van der Waals surface area contributed by atoms with Crippen LogP contribution in [-0.4, -0.2) is 17.5 Å². The smallest absolute Gasteiger partial charge is 0.182 e. The van der Waals surface area contributed by atoms with E-state index in [4.69, 9.17) is 4.74 Å². The molecule has 1 aromatic heterocycles. The number of nitrogens with zero attached hydrogens (tertiary/aromatic N) is 1. The van der Waals surface area contributed by atoms with E-state index in [1.807, 2.05) is 4.57 Å². The highest BCUT2D eigenvalue weighted by molar-refractivity contribution is 5.97. The molecular formula is C17H14FNO2. The van der Waals surface area contributed by atoms with E-state index >= 15 is 0 Å². The van der Waals surface area contributed by atoms with E-state index in [1.54, 1.807) is 49.7 Å². The molecule has 0 aliphatic heterocycles. The zero-order valence-electron chi connectivity index (χ0n) is 11.5. The van der Waals surface area contributed by atoms with Crippen LogP contribution in [0.15, 0.2) is 54.7 Å². The summed E-state index contributed by atoms with van der Waals surface area (Å²) in [6.45, 7) is 0.224. The molecule has 0 radical (unpaired) electrons. The van der Waals surface area contributed by atoms with Gasteiger partial charge in [0.25, 0.3) is 0 Å². The Kier molecular flexibility index (Phi) is 3.44. The Morgan fingerprint density at radius 3 is 2.62 bits per heavy atom. The van der Waals surface area contributed by atoms with E-state index in [9.17, 15) is 9.18 Å². The average Bonchev–Trinajstić information content (AvgIpc) is 2.89. The van der Waals surface area contributed by atoms with Crippen molar-refractivity contribution in [3.05, 3.63) is 66.1 Å². The maximum Gasteiger partial charge on any atom is 0.182 e. The molecule has 2 aromatic carbocycles. The Morgan fingerprint density at radius 1 is 1.14 bits per heavy atom. The lowest BCUT2D eigenvalue weighted by atomic mass is 10.1. The standard InChI is InChI=1S/C17H14FNO2/c1-21-15-5-2-12(3-6-15)17(20)11-19-9-8-13-10-14(18)4-7-16(13)19/h2-10H,11H2,1H3. The van der Waals surface area contributed by atoms with Crippen molar-refractivity contribution in [2.45, 2.75) is 6.54 Å². The second-order valence-electron chi connectivity index (χ2n) is 4.80. The third kappa shape index (κ3) is 2.65. The molecular weight excluding hydrogens is 269 g/mol. The minimum atomic E-state index is -0.276. The van der Waals surface area contributed by atoms with E-state index < -0.39 is 0 Å². The van der Waals surface area contributed by atoms with Crippen molar-refractivity contribution >= 4 is 16.7 Å². The van der Waals surface area contributed by atoms with Crippen LogP contribution in [0.4, 0.5) is 4.39 Å². The van der Waals surface area contributed by atoms with Gasteiger partial charge in [-0.15, -0.1) is 0 Å². The van der Waals surface area contributed by atoms with Gasteiger partial charge in [0.05, 0.1) is 13.7 Å². The van der Waals surface area contributed by atoms with Crippen LogP contribution in [-0.2, 0) is 6.54 Å². The number of methoxy groups -OCH3 is 1. The van der Waals surface area contributed by atoms with E-state index in [-0.39, 0.29) is 18.1 Å². The highest BCUT2D eigenvalue weighted by Crippen LogP contribution is 2.18. The van der Waals surface area contributed by atoms with Crippen molar-refractivity contribution in [2.24, 2.45) is 0 Å². The van der Waals surface area contributed by atoms with Crippen LogP contribution < -0.4 is 4.74 Å². The van der Waals surface area contributed by atoms with Gasteiger partial charge in [0, 0.05) is 22.7 Å². The van der Waals surface area contributed by atoms with Crippen molar-refractivity contribution < 1.29 is 13.9 Å². The third-order valence-electron chi connectivity index (χ3n) is 3.46.